The maximum Gasteiger partial charge on any atom is 0.229 e. The van der Waals surface area contributed by atoms with Gasteiger partial charge in [-0.2, -0.15) is 0 Å². The monoisotopic (exact) mass is 469 g/mol. The standard InChI is InChI=1S/C24H37Cl2NO2Si/c1-23(2,3)30(5,6)29-20-9-7-8-19(15-20)27-13-12-24(4,22(27)28)16-17-10-11-18(25)14-21(17)26/h10-11,14,19-20H,7-9,12-13,15-16H2,1-6H3. The third kappa shape index (κ3) is 5.08. The number of carbonyl (C=O) groups is 1. The Hall–Kier alpha value is -0.553. The molecule has 1 aliphatic heterocycles. The third-order valence-corrected chi connectivity index (χ3v) is 12.7. The quantitative estimate of drug-likeness (QED) is 0.429. The minimum Gasteiger partial charge on any atom is -0.414 e. The molecule has 1 saturated carbocycles. The van der Waals surface area contributed by atoms with Crippen LogP contribution in [-0.4, -0.2) is 37.8 Å². The smallest absolute Gasteiger partial charge is 0.229 e. The highest BCUT2D eigenvalue weighted by Crippen LogP contribution is 2.42. The molecule has 1 heterocycles. The Morgan fingerprint density at radius 1 is 1.23 bits per heavy atom. The second-order valence-corrected chi connectivity index (χ2v) is 16.6. The first-order chi connectivity index (χ1) is 13.8. The largest absolute Gasteiger partial charge is 0.414 e. The van der Waals surface area contributed by atoms with E-state index < -0.39 is 13.7 Å². The fraction of sp³-hybridized carbons (Fsp3) is 0.708. The summed E-state index contributed by atoms with van der Waals surface area (Å²) >= 11 is 12.4. The van der Waals surface area contributed by atoms with E-state index in [0.29, 0.717) is 22.5 Å². The molecule has 2 aliphatic rings. The van der Waals surface area contributed by atoms with Gasteiger partial charge in [0.2, 0.25) is 5.91 Å². The maximum absolute atomic E-state index is 13.5. The summed E-state index contributed by atoms with van der Waals surface area (Å²) in [6, 6.07) is 5.87. The number of nitrogens with zero attached hydrogens (tertiary/aromatic N) is 1. The molecule has 1 aromatic carbocycles. The van der Waals surface area contributed by atoms with Crippen LogP contribution in [0.4, 0.5) is 0 Å². The van der Waals surface area contributed by atoms with Crippen LogP contribution in [0.2, 0.25) is 28.2 Å². The molecule has 1 aliphatic carbocycles. The summed E-state index contributed by atoms with van der Waals surface area (Å²) in [6.45, 7) is 14.4. The molecule has 2 fully saturated rings. The third-order valence-electron chi connectivity index (χ3n) is 7.58. The first-order valence-electron chi connectivity index (χ1n) is 11.3. The van der Waals surface area contributed by atoms with Crippen molar-refractivity contribution in [1.82, 2.24) is 4.90 Å². The second kappa shape index (κ2) is 8.76. The van der Waals surface area contributed by atoms with Crippen molar-refractivity contribution in [2.75, 3.05) is 6.54 Å². The molecule has 1 saturated heterocycles. The molecule has 0 aromatic heterocycles. The fourth-order valence-corrected chi connectivity index (χ4v) is 6.50. The lowest BCUT2D eigenvalue weighted by Crippen LogP contribution is -2.48. The molecule has 1 aromatic rings. The number of rotatable bonds is 5. The van der Waals surface area contributed by atoms with E-state index in [1.54, 1.807) is 6.07 Å². The molecule has 30 heavy (non-hydrogen) atoms. The van der Waals surface area contributed by atoms with Crippen molar-refractivity contribution in [1.29, 1.82) is 0 Å². The summed E-state index contributed by atoms with van der Waals surface area (Å²) < 4.78 is 6.71. The molecule has 168 valence electrons. The number of halogens is 2. The van der Waals surface area contributed by atoms with Gasteiger partial charge < -0.3 is 9.33 Å². The molecule has 0 N–H and O–H groups in total. The van der Waals surface area contributed by atoms with Gasteiger partial charge in [-0.1, -0.05) is 57.0 Å². The van der Waals surface area contributed by atoms with E-state index in [1.807, 2.05) is 12.1 Å². The highest BCUT2D eigenvalue weighted by Gasteiger charge is 2.47. The predicted octanol–water partition coefficient (Wildman–Crippen LogP) is 7.11. The molecule has 3 atom stereocenters. The summed E-state index contributed by atoms with van der Waals surface area (Å²) in [4.78, 5) is 15.6. The molecule has 3 unspecified atom stereocenters. The van der Waals surface area contributed by atoms with Gasteiger partial charge >= 0.3 is 0 Å². The Kier molecular flexibility index (Phi) is 7.04. The highest BCUT2D eigenvalue weighted by atomic mass is 35.5. The molecule has 1 amide bonds. The topological polar surface area (TPSA) is 29.5 Å². The van der Waals surface area contributed by atoms with Gasteiger partial charge in [0.05, 0.1) is 5.41 Å². The Morgan fingerprint density at radius 3 is 2.57 bits per heavy atom. The van der Waals surface area contributed by atoms with Gasteiger partial charge in [-0.05, 0) is 74.4 Å². The molecule has 6 heteroatoms. The van der Waals surface area contributed by atoms with E-state index in [0.717, 1.165) is 44.2 Å². The van der Waals surface area contributed by atoms with Gasteiger partial charge in [0.25, 0.3) is 0 Å². The van der Waals surface area contributed by atoms with Gasteiger partial charge in [0, 0.05) is 28.7 Å². The van der Waals surface area contributed by atoms with E-state index in [9.17, 15) is 4.79 Å². The normalized spacial score (nSPS) is 28.3. The van der Waals surface area contributed by atoms with Gasteiger partial charge in [-0.25, -0.2) is 0 Å². The Balaban J connectivity index is 1.67. The second-order valence-electron chi connectivity index (χ2n) is 11.0. The van der Waals surface area contributed by atoms with E-state index in [-0.39, 0.29) is 17.0 Å². The van der Waals surface area contributed by atoms with Crippen LogP contribution in [0.25, 0.3) is 0 Å². The number of hydrogen-bond donors (Lipinski definition) is 0. The summed E-state index contributed by atoms with van der Waals surface area (Å²) in [5, 5.41) is 1.48. The van der Waals surface area contributed by atoms with Crippen LogP contribution in [0, 0.1) is 5.41 Å². The van der Waals surface area contributed by atoms with Crippen LogP contribution in [-0.2, 0) is 15.6 Å². The van der Waals surface area contributed by atoms with Crippen LogP contribution in [0.3, 0.4) is 0 Å². The molecular weight excluding hydrogens is 433 g/mol. The molecule has 3 nitrogen and oxygen atoms in total. The Labute approximate surface area is 193 Å². The van der Waals surface area contributed by atoms with E-state index >= 15 is 0 Å². The van der Waals surface area contributed by atoms with Gasteiger partial charge in [-0.15, -0.1) is 0 Å². The van der Waals surface area contributed by atoms with Crippen LogP contribution < -0.4 is 0 Å². The van der Waals surface area contributed by atoms with Crippen LogP contribution in [0.5, 0.6) is 0 Å². The van der Waals surface area contributed by atoms with E-state index in [2.05, 4.69) is 45.7 Å². The van der Waals surface area contributed by atoms with Crippen LogP contribution in [0.1, 0.15) is 65.4 Å². The zero-order valence-corrected chi connectivity index (χ0v) is 21.9. The number of carbonyl (C=O) groups excluding carboxylic acids is 1. The van der Waals surface area contributed by atoms with Crippen molar-refractivity contribution in [2.45, 2.75) is 96.5 Å². The van der Waals surface area contributed by atoms with Crippen molar-refractivity contribution >= 4 is 37.4 Å². The van der Waals surface area contributed by atoms with E-state index in [1.165, 1.54) is 0 Å². The SMILES string of the molecule is CC1(Cc2ccc(Cl)cc2Cl)CCN(C2CCCC(O[Si](C)(C)C(C)(C)C)C2)C1=O. The molecule has 0 bridgehead atoms. The number of amides is 1. The summed E-state index contributed by atoms with van der Waals surface area (Å²) in [5.74, 6) is 0.270. The summed E-state index contributed by atoms with van der Waals surface area (Å²) in [6.07, 6.45) is 6.10. The van der Waals surface area contributed by atoms with Gasteiger partial charge in [0.1, 0.15) is 0 Å². The van der Waals surface area contributed by atoms with Crippen molar-refractivity contribution in [3.05, 3.63) is 33.8 Å². The first-order valence-corrected chi connectivity index (χ1v) is 14.9. The number of likely N-dealkylation sites (tertiary alicyclic amines) is 1. The van der Waals surface area contributed by atoms with Crippen molar-refractivity contribution in [2.24, 2.45) is 5.41 Å². The Bertz CT molecular complexity index is 792. The summed E-state index contributed by atoms with van der Waals surface area (Å²) in [5.41, 5.74) is 0.603. The molecule has 0 radical (unpaired) electrons. The Morgan fingerprint density at radius 2 is 1.93 bits per heavy atom. The van der Waals surface area contributed by atoms with Crippen molar-refractivity contribution in [3.8, 4) is 0 Å². The van der Waals surface area contributed by atoms with Gasteiger partial charge in [-0.3, -0.25) is 4.79 Å². The lowest BCUT2D eigenvalue weighted by atomic mass is 9.82. The fourth-order valence-electron chi connectivity index (χ4n) is 4.62. The van der Waals surface area contributed by atoms with Crippen molar-refractivity contribution < 1.29 is 9.22 Å². The van der Waals surface area contributed by atoms with Gasteiger partial charge in [0.15, 0.2) is 8.32 Å². The molecular formula is C24H37Cl2NO2Si. The lowest BCUT2D eigenvalue weighted by Gasteiger charge is -2.43. The number of hydrogen-bond acceptors (Lipinski definition) is 2. The minimum atomic E-state index is -1.80. The minimum absolute atomic E-state index is 0.208. The lowest BCUT2D eigenvalue weighted by molar-refractivity contribution is -0.138. The first kappa shape index (κ1) is 24.1. The van der Waals surface area contributed by atoms with E-state index in [4.69, 9.17) is 27.6 Å². The average Bonchev–Trinajstić information content (AvgIpc) is 2.92. The molecule has 3 rings (SSSR count). The predicted molar refractivity (Wildman–Crippen MR) is 129 cm³/mol. The highest BCUT2D eigenvalue weighted by molar-refractivity contribution is 6.74. The molecule has 0 spiro atoms. The maximum atomic E-state index is 13.5. The van der Waals surface area contributed by atoms with Crippen LogP contribution >= 0.6 is 23.2 Å². The zero-order chi connectivity index (χ0) is 22.3. The van der Waals surface area contributed by atoms with Crippen molar-refractivity contribution in [3.63, 3.8) is 0 Å². The summed E-state index contributed by atoms with van der Waals surface area (Å²) in [7, 11) is -1.80. The zero-order valence-electron chi connectivity index (χ0n) is 19.4. The van der Waals surface area contributed by atoms with Crippen LogP contribution in [0.15, 0.2) is 18.2 Å². The number of benzene rings is 1. The average molecular weight is 471 g/mol.